The minimum Gasteiger partial charge on any atom is -0.494 e. The summed E-state index contributed by atoms with van der Waals surface area (Å²) in [6.07, 6.45) is 2.30. The Labute approximate surface area is 167 Å². The topological polar surface area (TPSA) is 66.0 Å². The van der Waals surface area contributed by atoms with Gasteiger partial charge in [0.15, 0.2) is 0 Å². The second-order valence-corrected chi connectivity index (χ2v) is 8.93. The summed E-state index contributed by atoms with van der Waals surface area (Å²) in [6.45, 7) is 3.91. The zero-order valence-electron chi connectivity index (χ0n) is 16.5. The Hall–Kier alpha value is -2.16. The molecule has 1 fully saturated rings. The van der Waals surface area contributed by atoms with Crippen LogP contribution < -0.4 is 9.64 Å². The van der Waals surface area contributed by atoms with Crippen LogP contribution in [0.4, 0.5) is 5.82 Å². The van der Waals surface area contributed by atoms with E-state index >= 15 is 0 Å². The second-order valence-electron chi connectivity index (χ2n) is 7.00. The third-order valence-corrected chi connectivity index (χ3v) is 6.74. The smallest absolute Gasteiger partial charge is 0.244 e. The van der Waals surface area contributed by atoms with E-state index in [0.29, 0.717) is 19.7 Å². The number of sulfonamides is 1. The Morgan fingerprint density at radius 3 is 2.43 bits per heavy atom. The van der Waals surface area contributed by atoms with Gasteiger partial charge in [-0.1, -0.05) is 18.2 Å². The summed E-state index contributed by atoms with van der Waals surface area (Å²) in [6, 6.07) is 13.1. The molecule has 3 rings (SSSR count). The van der Waals surface area contributed by atoms with Crippen LogP contribution in [0.2, 0.25) is 0 Å². The Balaban J connectivity index is 1.51. The molecule has 2 heterocycles. The molecular formula is C20H28N4O3S. The summed E-state index contributed by atoms with van der Waals surface area (Å²) in [5.74, 6) is 1.61. The zero-order chi connectivity index (χ0) is 20.0. The highest BCUT2D eigenvalue weighted by molar-refractivity contribution is 7.89. The number of hydrogen-bond donors (Lipinski definition) is 0. The van der Waals surface area contributed by atoms with Crippen molar-refractivity contribution in [1.29, 1.82) is 0 Å². The van der Waals surface area contributed by atoms with Gasteiger partial charge < -0.3 is 14.5 Å². The van der Waals surface area contributed by atoms with Crippen LogP contribution >= 0.6 is 0 Å². The van der Waals surface area contributed by atoms with E-state index < -0.39 is 10.0 Å². The highest BCUT2D eigenvalue weighted by Gasteiger charge is 2.27. The number of anilines is 1. The first-order valence-electron chi connectivity index (χ1n) is 9.50. The van der Waals surface area contributed by atoms with Gasteiger partial charge in [-0.3, -0.25) is 0 Å². The number of benzene rings is 1. The van der Waals surface area contributed by atoms with Crippen molar-refractivity contribution in [1.82, 2.24) is 14.2 Å². The van der Waals surface area contributed by atoms with Gasteiger partial charge in [0.2, 0.25) is 10.0 Å². The standard InChI is InChI=1S/C20H28N4O3S/c1-22-12-14-24(15-13-22)28(25,26)19-9-10-20(21-17-19)23(2)11-6-16-27-18-7-4-3-5-8-18/h3-5,7-10,17H,6,11-16H2,1-2H3. The number of likely N-dealkylation sites (N-methyl/N-ethyl adjacent to an activating group) is 1. The molecule has 0 atom stereocenters. The van der Waals surface area contributed by atoms with Crippen LogP contribution in [-0.2, 0) is 10.0 Å². The number of hydrogen-bond acceptors (Lipinski definition) is 6. The molecule has 28 heavy (non-hydrogen) atoms. The first-order valence-corrected chi connectivity index (χ1v) is 10.9. The van der Waals surface area contributed by atoms with Crippen LogP contribution in [0.25, 0.3) is 0 Å². The number of para-hydroxylation sites is 1. The van der Waals surface area contributed by atoms with E-state index in [2.05, 4.69) is 9.88 Å². The Kier molecular flexibility index (Phi) is 6.88. The van der Waals surface area contributed by atoms with E-state index in [0.717, 1.165) is 37.6 Å². The predicted octanol–water partition coefficient (Wildman–Crippen LogP) is 1.92. The van der Waals surface area contributed by atoms with Gasteiger partial charge in [-0.25, -0.2) is 13.4 Å². The summed E-state index contributed by atoms with van der Waals surface area (Å²) < 4.78 is 32.7. The monoisotopic (exact) mass is 404 g/mol. The van der Waals surface area contributed by atoms with Gasteiger partial charge in [-0.15, -0.1) is 0 Å². The van der Waals surface area contributed by atoms with Gasteiger partial charge in [-0.05, 0) is 37.7 Å². The third kappa shape index (κ3) is 5.21. The van der Waals surface area contributed by atoms with E-state index in [9.17, 15) is 8.42 Å². The summed E-state index contributed by atoms with van der Waals surface area (Å²) in [5, 5.41) is 0. The third-order valence-electron chi connectivity index (χ3n) is 4.86. The van der Waals surface area contributed by atoms with Crippen LogP contribution in [-0.4, -0.2) is 76.0 Å². The highest BCUT2D eigenvalue weighted by Crippen LogP contribution is 2.19. The maximum absolute atomic E-state index is 12.8. The molecule has 1 aromatic carbocycles. The molecule has 0 spiro atoms. The second kappa shape index (κ2) is 9.36. The maximum atomic E-state index is 12.8. The van der Waals surface area contributed by atoms with Crippen molar-refractivity contribution in [2.75, 3.05) is 58.3 Å². The molecular weight excluding hydrogens is 376 g/mol. The molecule has 152 valence electrons. The van der Waals surface area contributed by atoms with Crippen LogP contribution in [0.1, 0.15) is 6.42 Å². The van der Waals surface area contributed by atoms with E-state index in [1.807, 2.05) is 49.3 Å². The van der Waals surface area contributed by atoms with Gasteiger partial charge in [0, 0.05) is 46.0 Å². The van der Waals surface area contributed by atoms with Crippen LogP contribution in [0, 0.1) is 0 Å². The Morgan fingerprint density at radius 2 is 1.79 bits per heavy atom. The SMILES string of the molecule is CN1CCN(S(=O)(=O)c2ccc(N(C)CCCOc3ccccc3)nc2)CC1. The number of ether oxygens (including phenoxy) is 1. The first kappa shape index (κ1) is 20.6. The average Bonchev–Trinajstić information content (AvgIpc) is 2.72. The van der Waals surface area contributed by atoms with Crippen LogP contribution in [0.5, 0.6) is 5.75 Å². The lowest BCUT2D eigenvalue weighted by molar-refractivity contribution is 0.222. The van der Waals surface area contributed by atoms with E-state index in [-0.39, 0.29) is 4.90 Å². The molecule has 0 unspecified atom stereocenters. The van der Waals surface area contributed by atoms with Crippen molar-refractivity contribution >= 4 is 15.8 Å². The van der Waals surface area contributed by atoms with Crippen molar-refractivity contribution < 1.29 is 13.2 Å². The van der Waals surface area contributed by atoms with Crippen LogP contribution in [0.15, 0.2) is 53.6 Å². The summed E-state index contributed by atoms with van der Waals surface area (Å²) in [5.41, 5.74) is 0. The zero-order valence-corrected chi connectivity index (χ0v) is 17.3. The molecule has 0 bridgehead atoms. The molecule has 7 nitrogen and oxygen atoms in total. The number of piperazine rings is 1. The van der Waals surface area contributed by atoms with E-state index in [4.69, 9.17) is 4.74 Å². The lowest BCUT2D eigenvalue weighted by atomic mass is 10.3. The molecule has 2 aromatic rings. The van der Waals surface area contributed by atoms with Gasteiger partial charge in [0.1, 0.15) is 16.5 Å². The van der Waals surface area contributed by atoms with Crippen molar-refractivity contribution in [3.05, 3.63) is 48.7 Å². The number of pyridine rings is 1. The maximum Gasteiger partial charge on any atom is 0.244 e. The van der Waals surface area contributed by atoms with Gasteiger partial charge >= 0.3 is 0 Å². The fraction of sp³-hybridized carbons (Fsp3) is 0.450. The molecule has 0 aliphatic carbocycles. The molecule has 1 aliphatic rings. The Morgan fingerprint density at radius 1 is 1.07 bits per heavy atom. The Bertz CT molecular complexity index is 836. The van der Waals surface area contributed by atoms with E-state index in [1.165, 1.54) is 10.5 Å². The fourth-order valence-electron chi connectivity index (χ4n) is 3.05. The molecule has 0 amide bonds. The fourth-order valence-corrected chi connectivity index (χ4v) is 4.42. The van der Waals surface area contributed by atoms with Crippen molar-refractivity contribution in [3.63, 3.8) is 0 Å². The van der Waals surface area contributed by atoms with Gasteiger partial charge in [-0.2, -0.15) is 4.31 Å². The van der Waals surface area contributed by atoms with Gasteiger partial charge in [0.25, 0.3) is 0 Å². The normalized spacial score (nSPS) is 16.1. The lowest BCUT2D eigenvalue weighted by Crippen LogP contribution is -2.47. The molecule has 1 saturated heterocycles. The molecule has 8 heteroatoms. The van der Waals surface area contributed by atoms with Crippen LogP contribution in [0.3, 0.4) is 0 Å². The summed E-state index contributed by atoms with van der Waals surface area (Å²) >= 11 is 0. The average molecular weight is 405 g/mol. The lowest BCUT2D eigenvalue weighted by Gasteiger charge is -2.31. The predicted molar refractivity (Wildman–Crippen MR) is 110 cm³/mol. The minimum atomic E-state index is -3.47. The molecule has 0 radical (unpaired) electrons. The molecule has 1 aromatic heterocycles. The quantitative estimate of drug-likeness (QED) is 0.627. The largest absolute Gasteiger partial charge is 0.494 e. The first-order chi connectivity index (χ1) is 13.5. The van der Waals surface area contributed by atoms with Crippen molar-refractivity contribution in [2.45, 2.75) is 11.3 Å². The van der Waals surface area contributed by atoms with E-state index in [1.54, 1.807) is 12.1 Å². The number of nitrogens with zero attached hydrogens (tertiary/aromatic N) is 4. The highest BCUT2D eigenvalue weighted by atomic mass is 32.2. The minimum absolute atomic E-state index is 0.251. The molecule has 0 N–H and O–H groups in total. The summed E-state index contributed by atoms with van der Waals surface area (Å²) in [7, 11) is 0.471. The number of rotatable bonds is 8. The summed E-state index contributed by atoms with van der Waals surface area (Å²) in [4.78, 5) is 8.74. The van der Waals surface area contributed by atoms with Gasteiger partial charge in [0.05, 0.1) is 6.61 Å². The van der Waals surface area contributed by atoms with Crippen molar-refractivity contribution in [3.8, 4) is 5.75 Å². The number of aromatic nitrogens is 1. The molecule has 1 aliphatic heterocycles. The molecule has 0 saturated carbocycles. The van der Waals surface area contributed by atoms with Crippen molar-refractivity contribution in [2.24, 2.45) is 0 Å².